The van der Waals surface area contributed by atoms with Gasteiger partial charge in [-0.15, -0.1) is 0 Å². The maximum atomic E-state index is 12.5. The van der Waals surface area contributed by atoms with Crippen LogP contribution in [-0.2, 0) is 9.59 Å². The van der Waals surface area contributed by atoms with Crippen molar-refractivity contribution in [3.63, 3.8) is 0 Å². The van der Waals surface area contributed by atoms with E-state index >= 15 is 0 Å². The Balaban J connectivity index is 1.86. The lowest BCUT2D eigenvalue weighted by Gasteiger charge is -2.37. The van der Waals surface area contributed by atoms with E-state index in [0.717, 1.165) is 18.4 Å². The third kappa shape index (κ3) is 2.40. The Kier molecular flexibility index (Phi) is 3.42. The van der Waals surface area contributed by atoms with Gasteiger partial charge in [-0.3, -0.25) is 9.59 Å². The molecule has 0 radical (unpaired) electrons. The van der Waals surface area contributed by atoms with Gasteiger partial charge in [0.15, 0.2) is 0 Å². The molecule has 2 amide bonds. The molecule has 0 aromatic heterocycles. The minimum Gasteiger partial charge on any atom is -0.342 e. The summed E-state index contributed by atoms with van der Waals surface area (Å²) in [5.41, 5.74) is 0.881. The number of carbonyl (C=O) groups excluding carboxylic acids is 2. The van der Waals surface area contributed by atoms with Crippen LogP contribution < -0.4 is 5.32 Å². The van der Waals surface area contributed by atoms with Gasteiger partial charge < -0.3 is 10.2 Å². The second-order valence-corrected chi connectivity index (χ2v) is 5.95. The Labute approximate surface area is 123 Å². The summed E-state index contributed by atoms with van der Waals surface area (Å²) in [6.07, 6.45) is 2.04. The lowest BCUT2D eigenvalue weighted by molar-refractivity contribution is -0.147. The molecule has 1 aromatic rings. The van der Waals surface area contributed by atoms with Crippen LogP contribution >= 0.6 is 11.6 Å². The Morgan fingerprint density at radius 1 is 1.30 bits per heavy atom. The molecule has 1 saturated heterocycles. The molecule has 2 atom stereocenters. The van der Waals surface area contributed by atoms with Crippen LogP contribution in [0.2, 0.25) is 5.02 Å². The van der Waals surface area contributed by atoms with Crippen LogP contribution in [0.4, 0.5) is 0 Å². The van der Waals surface area contributed by atoms with E-state index in [1.54, 1.807) is 11.0 Å². The van der Waals surface area contributed by atoms with Gasteiger partial charge in [0.05, 0.1) is 6.04 Å². The minimum absolute atomic E-state index is 0.0134. The number of hydrogen-bond donors (Lipinski definition) is 1. The highest BCUT2D eigenvalue weighted by atomic mass is 35.5. The highest BCUT2D eigenvalue weighted by Crippen LogP contribution is 2.36. The van der Waals surface area contributed by atoms with Gasteiger partial charge in [0.1, 0.15) is 12.6 Å². The van der Waals surface area contributed by atoms with E-state index in [1.807, 2.05) is 25.1 Å². The zero-order valence-electron chi connectivity index (χ0n) is 11.3. The minimum atomic E-state index is -0.346. The summed E-state index contributed by atoms with van der Waals surface area (Å²) in [5.74, 6) is 0.243. The van der Waals surface area contributed by atoms with E-state index < -0.39 is 0 Å². The summed E-state index contributed by atoms with van der Waals surface area (Å²) < 4.78 is 0. The molecule has 0 spiro atoms. The van der Waals surface area contributed by atoms with Gasteiger partial charge in [-0.25, -0.2) is 0 Å². The van der Waals surface area contributed by atoms with Crippen molar-refractivity contribution in [1.29, 1.82) is 0 Å². The van der Waals surface area contributed by atoms with Gasteiger partial charge in [0.25, 0.3) is 0 Å². The van der Waals surface area contributed by atoms with E-state index in [1.165, 1.54) is 0 Å². The van der Waals surface area contributed by atoms with E-state index in [2.05, 4.69) is 5.32 Å². The van der Waals surface area contributed by atoms with Crippen LogP contribution in [0.15, 0.2) is 24.3 Å². The summed E-state index contributed by atoms with van der Waals surface area (Å²) in [6, 6.07) is 6.92. The van der Waals surface area contributed by atoms with E-state index in [0.29, 0.717) is 10.9 Å². The van der Waals surface area contributed by atoms with Crippen molar-refractivity contribution in [3.8, 4) is 0 Å². The first-order valence-corrected chi connectivity index (χ1v) is 7.30. The van der Waals surface area contributed by atoms with Crippen molar-refractivity contribution in [2.24, 2.45) is 5.92 Å². The van der Waals surface area contributed by atoms with Crippen LogP contribution in [0.1, 0.15) is 31.4 Å². The van der Waals surface area contributed by atoms with Crippen LogP contribution in [-0.4, -0.2) is 29.3 Å². The summed E-state index contributed by atoms with van der Waals surface area (Å²) in [4.78, 5) is 26.0. The van der Waals surface area contributed by atoms with Gasteiger partial charge in [-0.1, -0.05) is 29.8 Å². The highest BCUT2D eigenvalue weighted by molar-refractivity contribution is 6.31. The van der Waals surface area contributed by atoms with Crippen molar-refractivity contribution >= 4 is 23.4 Å². The standard InChI is InChI=1S/C15H17ClN2O2/c1-9(11-4-2-3-5-12(11)16)18-8-13(19)17-14(15(18)20)10-6-7-10/h2-5,9-10,14H,6-8H2,1H3,(H,17,19). The molecule has 0 bridgehead atoms. The third-order valence-electron chi connectivity index (χ3n) is 4.10. The monoisotopic (exact) mass is 292 g/mol. The fraction of sp³-hybridized carbons (Fsp3) is 0.467. The summed E-state index contributed by atoms with van der Waals surface area (Å²) in [5, 5.41) is 3.44. The number of nitrogens with one attached hydrogen (secondary N) is 1. The summed E-state index contributed by atoms with van der Waals surface area (Å²) in [7, 11) is 0. The highest BCUT2D eigenvalue weighted by Gasteiger charge is 2.44. The predicted molar refractivity (Wildman–Crippen MR) is 76.2 cm³/mol. The summed E-state index contributed by atoms with van der Waals surface area (Å²) >= 11 is 6.20. The molecule has 1 aromatic carbocycles. The number of benzene rings is 1. The number of piperazine rings is 1. The predicted octanol–water partition coefficient (Wildman–Crippen LogP) is 2.14. The second kappa shape index (κ2) is 5.09. The van der Waals surface area contributed by atoms with Gasteiger partial charge in [0.2, 0.25) is 11.8 Å². The molecule has 2 fully saturated rings. The molecular weight excluding hydrogens is 276 g/mol. The molecule has 1 aliphatic carbocycles. The molecule has 2 aliphatic rings. The largest absolute Gasteiger partial charge is 0.342 e. The Bertz CT molecular complexity index is 557. The first-order chi connectivity index (χ1) is 9.58. The topological polar surface area (TPSA) is 49.4 Å². The fourth-order valence-electron chi connectivity index (χ4n) is 2.75. The molecule has 1 saturated carbocycles. The molecule has 1 aliphatic heterocycles. The van der Waals surface area contributed by atoms with Crippen molar-refractivity contribution in [2.45, 2.75) is 31.8 Å². The van der Waals surface area contributed by atoms with Crippen LogP contribution in [0.3, 0.4) is 0 Å². The fourth-order valence-corrected chi connectivity index (χ4v) is 3.04. The molecule has 1 heterocycles. The number of hydrogen-bond acceptors (Lipinski definition) is 2. The third-order valence-corrected chi connectivity index (χ3v) is 4.44. The van der Waals surface area contributed by atoms with Crippen LogP contribution in [0.5, 0.6) is 0 Å². The quantitative estimate of drug-likeness (QED) is 0.928. The molecule has 1 N–H and O–H groups in total. The molecule has 4 nitrogen and oxygen atoms in total. The van der Waals surface area contributed by atoms with Crippen molar-refractivity contribution in [3.05, 3.63) is 34.9 Å². The Morgan fingerprint density at radius 3 is 2.65 bits per heavy atom. The molecule has 5 heteroatoms. The number of nitrogens with zero attached hydrogens (tertiary/aromatic N) is 1. The molecule has 20 heavy (non-hydrogen) atoms. The van der Waals surface area contributed by atoms with Crippen molar-refractivity contribution in [1.82, 2.24) is 10.2 Å². The zero-order chi connectivity index (χ0) is 14.3. The van der Waals surface area contributed by atoms with Gasteiger partial charge in [-0.05, 0) is 37.3 Å². The van der Waals surface area contributed by atoms with Crippen LogP contribution in [0.25, 0.3) is 0 Å². The van der Waals surface area contributed by atoms with E-state index in [4.69, 9.17) is 11.6 Å². The van der Waals surface area contributed by atoms with Gasteiger partial charge in [0, 0.05) is 5.02 Å². The Morgan fingerprint density at radius 2 is 2.00 bits per heavy atom. The Hall–Kier alpha value is -1.55. The van der Waals surface area contributed by atoms with E-state index in [9.17, 15) is 9.59 Å². The second-order valence-electron chi connectivity index (χ2n) is 5.55. The van der Waals surface area contributed by atoms with Crippen LogP contribution in [0, 0.1) is 5.92 Å². The average molecular weight is 293 g/mol. The van der Waals surface area contributed by atoms with Gasteiger partial charge >= 0.3 is 0 Å². The number of rotatable bonds is 3. The molecule has 3 rings (SSSR count). The van der Waals surface area contributed by atoms with Crippen molar-refractivity contribution in [2.75, 3.05) is 6.54 Å². The number of carbonyl (C=O) groups is 2. The average Bonchev–Trinajstić information content (AvgIpc) is 3.25. The normalized spacial score (nSPS) is 24.5. The molecule has 106 valence electrons. The zero-order valence-corrected chi connectivity index (χ0v) is 12.1. The number of halogens is 1. The van der Waals surface area contributed by atoms with E-state index in [-0.39, 0.29) is 30.4 Å². The lowest BCUT2D eigenvalue weighted by Crippen LogP contribution is -2.59. The SMILES string of the molecule is CC(c1ccccc1Cl)N1CC(=O)NC(C2CC2)C1=O. The lowest BCUT2D eigenvalue weighted by atomic mass is 10.0. The molecular formula is C15H17ClN2O2. The van der Waals surface area contributed by atoms with Crippen molar-refractivity contribution < 1.29 is 9.59 Å². The smallest absolute Gasteiger partial charge is 0.246 e. The first kappa shape index (κ1) is 13.4. The van der Waals surface area contributed by atoms with Gasteiger partial charge in [-0.2, -0.15) is 0 Å². The maximum Gasteiger partial charge on any atom is 0.246 e. The molecule has 2 unspecified atom stereocenters. The first-order valence-electron chi connectivity index (χ1n) is 6.92. The summed E-state index contributed by atoms with van der Waals surface area (Å²) in [6.45, 7) is 2.02. The maximum absolute atomic E-state index is 12.5. The number of amides is 2.